The maximum Gasteiger partial charge on any atom is 0.412 e. The highest BCUT2D eigenvalue weighted by molar-refractivity contribution is 6.06. The van der Waals surface area contributed by atoms with E-state index < -0.39 is 36.2 Å². The minimum absolute atomic E-state index is 0.0430. The summed E-state index contributed by atoms with van der Waals surface area (Å²) in [6, 6.07) is 10.9. The highest BCUT2D eigenvalue weighted by atomic mass is 16.6. The third-order valence-corrected chi connectivity index (χ3v) is 4.66. The lowest BCUT2D eigenvalue weighted by Crippen LogP contribution is -2.51. The number of hydrogen-bond acceptors (Lipinski definition) is 6. The number of benzene rings is 2. The Hall–Kier alpha value is -3.59. The zero-order valence-corrected chi connectivity index (χ0v) is 17.5. The highest BCUT2D eigenvalue weighted by Crippen LogP contribution is 2.35. The van der Waals surface area contributed by atoms with Crippen LogP contribution in [0.4, 0.5) is 16.2 Å². The van der Waals surface area contributed by atoms with E-state index in [1.54, 1.807) is 57.2 Å². The Balaban J connectivity index is 1.83. The molecule has 0 aliphatic carbocycles. The number of aliphatic hydroxyl groups is 1. The summed E-state index contributed by atoms with van der Waals surface area (Å²) in [4.78, 5) is 37.2. The molecule has 0 aromatic heterocycles. The van der Waals surface area contributed by atoms with E-state index in [-0.39, 0.29) is 6.67 Å². The molecule has 0 fully saturated rings. The fourth-order valence-electron chi connectivity index (χ4n) is 3.27. The SMILES string of the molecule is CC(C)(C)OC(=O)Nc1ccc(-c2cccc3c2NCN([C@@H](CO)C(=O)O)C3=O)cc1. The van der Waals surface area contributed by atoms with Crippen molar-refractivity contribution in [2.45, 2.75) is 32.4 Å². The van der Waals surface area contributed by atoms with Gasteiger partial charge < -0.3 is 25.2 Å². The standard InChI is InChI=1S/C22H25N3O6/c1-22(2,3)31-21(30)24-14-9-7-13(8-10-14)15-5-4-6-16-18(15)23-12-25(19(16)27)17(11-26)20(28)29/h4-10,17,23,26H,11-12H2,1-3H3,(H,24,30)(H,28,29)/t17-/m0/s1. The van der Waals surface area contributed by atoms with E-state index in [0.29, 0.717) is 16.9 Å². The van der Waals surface area contributed by atoms with Gasteiger partial charge in [-0.25, -0.2) is 9.59 Å². The van der Waals surface area contributed by atoms with Gasteiger partial charge in [0, 0.05) is 11.3 Å². The van der Waals surface area contributed by atoms with Crippen LogP contribution < -0.4 is 10.6 Å². The van der Waals surface area contributed by atoms with Crippen LogP contribution in [-0.2, 0) is 9.53 Å². The number of rotatable bonds is 5. The van der Waals surface area contributed by atoms with Crippen LogP contribution in [-0.4, -0.2) is 58.0 Å². The summed E-state index contributed by atoms with van der Waals surface area (Å²) in [5.74, 6) is -1.74. The van der Waals surface area contributed by atoms with Crippen molar-refractivity contribution >= 4 is 29.3 Å². The number of aliphatic hydroxyl groups excluding tert-OH is 1. The van der Waals surface area contributed by atoms with Crippen LogP contribution in [0.3, 0.4) is 0 Å². The molecule has 1 heterocycles. The van der Waals surface area contributed by atoms with Crippen LogP contribution in [0.1, 0.15) is 31.1 Å². The van der Waals surface area contributed by atoms with Crippen molar-refractivity contribution in [1.29, 1.82) is 0 Å². The van der Waals surface area contributed by atoms with Crippen molar-refractivity contribution in [2.75, 3.05) is 23.9 Å². The van der Waals surface area contributed by atoms with Gasteiger partial charge in [-0.1, -0.05) is 24.3 Å². The molecular weight excluding hydrogens is 402 g/mol. The summed E-state index contributed by atoms with van der Waals surface area (Å²) >= 11 is 0. The van der Waals surface area contributed by atoms with Gasteiger partial charge in [0.25, 0.3) is 5.91 Å². The molecule has 0 bridgehead atoms. The van der Waals surface area contributed by atoms with Gasteiger partial charge in [-0.3, -0.25) is 10.1 Å². The molecule has 9 heteroatoms. The number of nitrogens with zero attached hydrogens (tertiary/aromatic N) is 1. The smallest absolute Gasteiger partial charge is 0.412 e. The van der Waals surface area contributed by atoms with E-state index in [1.807, 2.05) is 6.07 Å². The molecule has 164 valence electrons. The van der Waals surface area contributed by atoms with Gasteiger partial charge >= 0.3 is 12.1 Å². The first kappa shape index (κ1) is 22.1. The molecule has 0 saturated carbocycles. The van der Waals surface area contributed by atoms with E-state index in [0.717, 1.165) is 16.0 Å². The summed E-state index contributed by atoms with van der Waals surface area (Å²) in [5.41, 5.74) is 2.42. The number of amides is 2. The Bertz CT molecular complexity index is 997. The highest BCUT2D eigenvalue weighted by Gasteiger charge is 2.34. The monoisotopic (exact) mass is 427 g/mol. The Morgan fingerprint density at radius 2 is 1.81 bits per heavy atom. The summed E-state index contributed by atoms with van der Waals surface area (Å²) in [6.07, 6.45) is -0.554. The first-order chi connectivity index (χ1) is 14.6. The van der Waals surface area contributed by atoms with Crippen molar-refractivity contribution in [3.8, 4) is 11.1 Å². The van der Waals surface area contributed by atoms with Crippen molar-refractivity contribution in [2.24, 2.45) is 0 Å². The zero-order valence-electron chi connectivity index (χ0n) is 17.5. The lowest BCUT2D eigenvalue weighted by atomic mass is 9.97. The number of nitrogens with one attached hydrogen (secondary N) is 2. The Kier molecular flexibility index (Phi) is 6.16. The van der Waals surface area contributed by atoms with Gasteiger partial charge in [0.1, 0.15) is 5.60 Å². The van der Waals surface area contributed by atoms with E-state index in [4.69, 9.17) is 4.74 Å². The molecule has 1 aliphatic rings. The van der Waals surface area contributed by atoms with Crippen molar-refractivity contribution in [1.82, 2.24) is 4.90 Å². The topological polar surface area (TPSA) is 128 Å². The van der Waals surface area contributed by atoms with Crippen LogP contribution in [0.15, 0.2) is 42.5 Å². The molecule has 2 aromatic rings. The molecule has 3 rings (SSSR count). The zero-order chi connectivity index (χ0) is 22.8. The number of hydrogen-bond donors (Lipinski definition) is 4. The lowest BCUT2D eigenvalue weighted by Gasteiger charge is -2.34. The summed E-state index contributed by atoms with van der Waals surface area (Å²) in [6.45, 7) is 4.62. The second-order valence-electron chi connectivity index (χ2n) is 8.08. The third kappa shape index (κ3) is 4.95. The van der Waals surface area contributed by atoms with Crippen molar-refractivity contribution in [3.63, 3.8) is 0 Å². The first-order valence-corrected chi connectivity index (χ1v) is 9.72. The largest absolute Gasteiger partial charge is 0.480 e. The molecule has 0 saturated heterocycles. The van der Waals surface area contributed by atoms with Crippen LogP contribution in [0, 0.1) is 0 Å². The summed E-state index contributed by atoms with van der Waals surface area (Å²) < 4.78 is 5.24. The molecule has 2 amide bonds. The van der Waals surface area contributed by atoms with E-state index in [1.165, 1.54) is 0 Å². The predicted molar refractivity (Wildman–Crippen MR) is 115 cm³/mol. The first-order valence-electron chi connectivity index (χ1n) is 9.72. The molecule has 9 nitrogen and oxygen atoms in total. The van der Waals surface area contributed by atoms with Crippen LogP contribution >= 0.6 is 0 Å². The minimum atomic E-state index is -1.32. The molecule has 0 spiro atoms. The molecule has 1 aliphatic heterocycles. The number of para-hydroxylation sites is 1. The number of ether oxygens (including phenoxy) is 1. The van der Waals surface area contributed by atoms with Crippen molar-refractivity contribution in [3.05, 3.63) is 48.0 Å². The molecule has 4 N–H and O–H groups in total. The van der Waals surface area contributed by atoms with Gasteiger partial charge in [0.15, 0.2) is 6.04 Å². The number of carbonyl (C=O) groups excluding carboxylic acids is 2. The number of carboxylic acids is 1. The molecule has 1 atom stereocenters. The average molecular weight is 427 g/mol. The fourth-order valence-corrected chi connectivity index (χ4v) is 3.27. The van der Waals surface area contributed by atoms with Crippen LogP contribution in [0.2, 0.25) is 0 Å². The van der Waals surface area contributed by atoms with Gasteiger partial charge in [0.05, 0.1) is 24.5 Å². The van der Waals surface area contributed by atoms with E-state index in [9.17, 15) is 24.6 Å². The number of carboxylic acid groups (broad SMARTS) is 1. The normalized spacial score (nSPS) is 14.3. The summed E-state index contributed by atoms with van der Waals surface area (Å²) in [5, 5.41) is 24.4. The average Bonchev–Trinajstić information content (AvgIpc) is 2.69. The lowest BCUT2D eigenvalue weighted by molar-refractivity contribution is -0.143. The number of aliphatic carboxylic acids is 1. The number of anilines is 2. The summed E-state index contributed by atoms with van der Waals surface area (Å²) in [7, 11) is 0. The predicted octanol–water partition coefficient (Wildman–Crippen LogP) is 2.97. The van der Waals surface area contributed by atoms with Gasteiger partial charge in [-0.05, 0) is 44.5 Å². The Morgan fingerprint density at radius 1 is 1.16 bits per heavy atom. The Morgan fingerprint density at radius 3 is 2.39 bits per heavy atom. The van der Waals surface area contributed by atoms with Gasteiger partial charge in [-0.2, -0.15) is 0 Å². The van der Waals surface area contributed by atoms with Crippen molar-refractivity contribution < 1.29 is 29.3 Å². The van der Waals surface area contributed by atoms with Crippen LogP contribution in [0.5, 0.6) is 0 Å². The molecule has 0 unspecified atom stereocenters. The second kappa shape index (κ2) is 8.65. The fraction of sp³-hybridized carbons (Fsp3) is 0.318. The molecule has 31 heavy (non-hydrogen) atoms. The maximum atomic E-state index is 12.8. The maximum absolute atomic E-state index is 12.8. The third-order valence-electron chi connectivity index (χ3n) is 4.66. The number of fused-ring (bicyclic) bond motifs is 1. The van der Waals surface area contributed by atoms with Gasteiger partial charge in [-0.15, -0.1) is 0 Å². The van der Waals surface area contributed by atoms with Gasteiger partial charge in [0.2, 0.25) is 0 Å². The molecular formula is C22H25N3O6. The molecule has 0 radical (unpaired) electrons. The Labute approximate surface area is 179 Å². The van der Waals surface area contributed by atoms with Crippen LogP contribution in [0.25, 0.3) is 11.1 Å². The minimum Gasteiger partial charge on any atom is -0.480 e. The van der Waals surface area contributed by atoms with E-state index >= 15 is 0 Å². The quantitative estimate of drug-likeness (QED) is 0.577. The second-order valence-corrected chi connectivity index (χ2v) is 8.08. The number of carbonyl (C=O) groups is 3. The molecule has 2 aromatic carbocycles. The van der Waals surface area contributed by atoms with E-state index in [2.05, 4.69) is 10.6 Å².